The minimum Gasteiger partial charge on any atom is -0.326 e. The number of benzene rings is 1. The van der Waals surface area contributed by atoms with Gasteiger partial charge in [0.25, 0.3) is 0 Å². The molecule has 2 rings (SSSR count). The van der Waals surface area contributed by atoms with Crippen LogP contribution >= 0.6 is 0 Å². The molecule has 0 spiro atoms. The quantitative estimate of drug-likeness (QED) is 0.893. The van der Waals surface area contributed by atoms with Crippen LogP contribution in [0.5, 0.6) is 0 Å². The molecule has 1 aliphatic carbocycles. The van der Waals surface area contributed by atoms with Crippen LogP contribution in [-0.2, 0) is 14.8 Å². The monoisotopic (exact) mass is 296 g/mol. The van der Waals surface area contributed by atoms with Crippen molar-refractivity contribution in [1.82, 2.24) is 0 Å². The third-order valence-corrected chi connectivity index (χ3v) is 5.09. The van der Waals surface area contributed by atoms with Crippen molar-refractivity contribution in [3.63, 3.8) is 0 Å². The maximum Gasteiger partial charge on any atom is 0.238 e. The number of nitrogens with two attached hydrogens (primary N) is 1. The Labute approximate surface area is 119 Å². The fourth-order valence-corrected chi connectivity index (χ4v) is 3.30. The predicted octanol–water partition coefficient (Wildman–Crippen LogP) is 2.24. The van der Waals surface area contributed by atoms with Crippen molar-refractivity contribution < 1.29 is 13.2 Å². The Hall–Kier alpha value is -1.40. The number of primary sulfonamides is 1. The predicted molar refractivity (Wildman–Crippen MR) is 77.6 cm³/mol. The zero-order chi connectivity index (χ0) is 14.8. The highest BCUT2D eigenvalue weighted by atomic mass is 32.2. The van der Waals surface area contributed by atoms with Gasteiger partial charge in [-0.3, -0.25) is 4.79 Å². The number of nitrogens with one attached hydrogen (secondary N) is 1. The van der Waals surface area contributed by atoms with Crippen molar-refractivity contribution in [3.8, 4) is 0 Å². The van der Waals surface area contributed by atoms with E-state index in [9.17, 15) is 13.2 Å². The van der Waals surface area contributed by atoms with Crippen molar-refractivity contribution in [2.75, 3.05) is 5.32 Å². The maximum atomic E-state index is 12.4. The highest BCUT2D eigenvalue weighted by Crippen LogP contribution is 2.41. The second-order valence-electron chi connectivity index (χ2n) is 5.36. The van der Waals surface area contributed by atoms with Gasteiger partial charge in [0.1, 0.15) is 0 Å². The van der Waals surface area contributed by atoms with Gasteiger partial charge in [0, 0.05) is 11.1 Å². The van der Waals surface area contributed by atoms with Crippen molar-refractivity contribution in [3.05, 3.63) is 24.3 Å². The molecule has 1 amide bonds. The van der Waals surface area contributed by atoms with E-state index in [4.69, 9.17) is 5.14 Å². The van der Waals surface area contributed by atoms with Crippen molar-refractivity contribution in [1.29, 1.82) is 0 Å². The Balaban J connectivity index is 2.12. The summed E-state index contributed by atoms with van der Waals surface area (Å²) in [5, 5.41) is 7.91. The number of rotatable bonds is 4. The van der Waals surface area contributed by atoms with Crippen LogP contribution in [-0.4, -0.2) is 14.3 Å². The van der Waals surface area contributed by atoms with Gasteiger partial charge in [0.2, 0.25) is 15.9 Å². The molecular formula is C14H20N2O3S. The molecule has 1 aliphatic rings. The Morgan fingerprint density at radius 3 is 2.25 bits per heavy atom. The number of amides is 1. The van der Waals surface area contributed by atoms with Crippen LogP contribution in [0.1, 0.15) is 39.0 Å². The van der Waals surface area contributed by atoms with Gasteiger partial charge in [-0.25, -0.2) is 13.6 Å². The van der Waals surface area contributed by atoms with Crippen LogP contribution in [0.4, 0.5) is 5.69 Å². The van der Waals surface area contributed by atoms with E-state index in [2.05, 4.69) is 5.32 Å². The average Bonchev–Trinajstić information content (AvgIpc) is 2.88. The molecule has 0 aliphatic heterocycles. The van der Waals surface area contributed by atoms with E-state index in [1.165, 1.54) is 12.1 Å². The van der Waals surface area contributed by atoms with E-state index < -0.39 is 10.0 Å². The molecule has 5 nitrogen and oxygen atoms in total. The minimum absolute atomic E-state index is 0.0286. The molecule has 20 heavy (non-hydrogen) atoms. The van der Waals surface area contributed by atoms with Crippen LogP contribution in [0.25, 0.3) is 0 Å². The van der Waals surface area contributed by atoms with Gasteiger partial charge >= 0.3 is 0 Å². The lowest BCUT2D eigenvalue weighted by atomic mass is 9.82. The zero-order valence-electron chi connectivity index (χ0n) is 11.6. The van der Waals surface area contributed by atoms with Gasteiger partial charge < -0.3 is 5.32 Å². The maximum absolute atomic E-state index is 12.4. The SMILES string of the molecule is CCC1(C(=O)Nc2ccc(S(N)(=O)=O)cc2)CCCC1. The summed E-state index contributed by atoms with van der Waals surface area (Å²) < 4.78 is 22.3. The lowest BCUT2D eigenvalue weighted by molar-refractivity contribution is -0.125. The lowest BCUT2D eigenvalue weighted by Gasteiger charge is -2.26. The summed E-state index contributed by atoms with van der Waals surface area (Å²) >= 11 is 0. The van der Waals surface area contributed by atoms with E-state index in [-0.39, 0.29) is 16.2 Å². The Bertz CT molecular complexity index is 587. The standard InChI is InChI=1S/C14H20N2O3S/c1-2-14(9-3-4-10-14)13(17)16-11-5-7-12(8-6-11)20(15,18)19/h5-8H,2-4,9-10H2,1H3,(H,16,17)(H2,15,18,19). The molecule has 0 bridgehead atoms. The Morgan fingerprint density at radius 2 is 1.80 bits per heavy atom. The van der Waals surface area contributed by atoms with Crippen LogP contribution in [0.3, 0.4) is 0 Å². The van der Waals surface area contributed by atoms with Gasteiger partial charge in [-0.1, -0.05) is 19.8 Å². The highest BCUT2D eigenvalue weighted by molar-refractivity contribution is 7.89. The summed E-state index contributed by atoms with van der Waals surface area (Å²) in [7, 11) is -3.69. The third kappa shape index (κ3) is 3.02. The number of carbonyl (C=O) groups excluding carboxylic acids is 1. The van der Waals surface area contributed by atoms with E-state index >= 15 is 0 Å². The van der Waals surface area contributed by atoms with Crippen molar-refractivity contribution in [2.45, 2.75) is 43.9 Å². The fourth-order valence-electron chi connectivity index (χ4n) is 2.78. The molecule has 0 aromatic heterocycles. The molecule has 1 aromatic rings. The summed E-state index contributed by atoms with van der Waals surface area (Å²) in [5.74, 6) is 0.0286. The molecule has 110 valence electrons. The second kappa shape index (κ2) is 5.54. The van der Waals surface area contributed by atoms with Crippen molar-refractivity contribution in [2.24, 2.45) is 10.6 Å². The molecule has 1 fully saturated rings. The minimum atomic E-state index is -3.69. The van der Waals surface area contributed by atoms with E-state index in [1.807, 2.05) is 6.92 Å². The molecule has 3 N–H and O–H groups in total. The van der Waals surface area contributed by atoms with Gasteiger partial charge in [0.15, 0.2) is 0 Å². The number of anilines is 1. The molecule has 0 heterocycles. The fraction of sp³-hybridized carbons (Fsp3) is 0.500. The van der Waals surface area contributed by atoms with E-state index in [0.29, 0.717) is 5.69 Å². The average molecular weight is 296 g/mol. The molecule has 1 saturated carbocycles. The first-order valence-electron chi connectivity index (χ1n) is 6.82. The molecule has 1 aromatic carbocycles. The highest BCUT2D eigenvalue weighted by Gasteiger charge is 2.39. The van der Waals surface area contributed by atoms with E-state index in [1.54, 1.807) is 12.1 Å². The smallest absolute Gasteiger partial charge is 0.238 e. The van der Waals surface area contributed by atoms with Crippen LogP contribution in [0, 0.1) is 5.41 Å². The number of hydrogen-bond acceptors (Lipinski definition) is 3. The Kier molecular flexibility index (Phi) is 4.15. The third-order valence-electron chi connectivity index (χ3n) is 4.16. The topological polar surface area (TPSA) is 89.3 Å². The zero-order valence-corrected chi connectivity index (χ0v) is 12.4. The summed E-state index contributed by atoms with van der Waals surface area (Å²) in [6, 6.07) is 5.93. The lowest BCUT2D eigenvalue weighted by Crippen LogP contribution is -2.33. The molecule has 0 saturated heterocycles. The van der Waals surface area contributed by atoms with Gasteiger partial charge in [-0.15, -0.1) is 0 Å². The van der Waals surface area contributed by atoms with Gasteiger partial charge in [-0.2, -0.15) is 0 Å². The molecule has 6 heteroatoms. The molecule has 0 unspecified atom stereocenters. The summed E-state index contributed by atoms with van der Waals surface area (Å²) in [4.78, 5) is 12.4. The van der Waals surface area contributed by atoms with Crippen LogP contribution < -0.4 is 10.5 Å². The Morgan fingerprint density at radius 1 is 1.25 bits per heavy atom. The number of carbonyl (C=O) groups is 1. The van der Waals surface area contributed by atoms with Gasteiger partial charge in [0.05, 0.1) is 4.90 Å². The first-order chi connectivity index (χ1) is 9.37. The number of sulfonamides is 1. The summed E-state index contributed by atoms with van der Waals surface area (Å²) in [6.45, 7) is 2.04. The second-order valence-corrected chi connectivity index (χ2v) is 6.93. The molecule has 0 atom stereocenters. The first-order valence-corrected chi connectivity index (χ1v) is 8.36. The normalized spacial score (nSPS) is 17.9. The summed E-state index contributed by atoms with van der Waals surface area (Å²) in [5.41, 5.74) is 0.334. The molecular weight excluding hydrogens is 276 g/mol. The first kappa shape index (κ1) is 15.0. The van der Waals surface area contributed by atoms with E-state index in [0.717, 1.165) is 32.1 Å². The largest absolute Gasteiger partial charge is 0.326 e. The van der Waals surface area contributed by atoms with Crippen molar-refractivity contribution >= 4 is 21.6 Å². The number of hydrogen-bond donors (Lipinski definition) is 2. The van der Waals surface area contributed by atoms with Gasteiger partial charge in [-0.05, 0) is 43.5 Å². The van der Waals surface area contributed by atoms with Crippen LogP contribution in [0.15, 0.2) is 29.2 Å². The molecule has 0 radical (unpaired) electrons. The van der Waals surface area contributed by atoms with Crippen LogP contribution in [0.2, 0.25) is 0 Å². The summed E-state index contributed by atoms with van der Waals surface area (Å²) in [6.07, 6.45) is 4.85.